The first kappa shape index (κ1) is 11.7. The molecule has 0 saturated heterocycles. The molecule has 1 aliphatic rings. The third-order valence-corrected chi connectivity index (χ3v) is 4.90. The highest BCUT2D eigenvalue weighted by atomic mass is 32.2. The summed E-state index contributed by atoms with van der Waals surface area (Å²) in [6.07, 6.45) is 3.68. The van der Waals surface area contributed by atoms with Crippen molar-refractivity contribution in [1.29, 1.82) is 0 Å². The van der Waals surface area contributed by atoms with Crippen molar-refractivity contribution in [2.45, 2.75) is 32.9 Å². The van der Waals surface area contributed by atoms with Gasteiger partial charge in [0.25, 0.3) is 0 Å². The van der Waals surface area contributed by atoms with E-state index in [0.717, 1.165) is 25.1 Å². The highest BCUT2D eigenvalue weighted by molar-refractivity contribution is 7.89. The van der Waals surface area contributed by atoms with Gasteiger partial charge in [0, 0.05) is 25.0 Å². The van der Waals surface area contributed by atoms with E-state index < -0.39 is 10.0 Å². The Labute approximate surface area is 96.9 Å². The summed E-state index contributed by atoms with van der Waals surface area (Å²) in [6.45, 7) is 3.91. The van der Waals surface area contributed by atoms with Crippen LogP contribution in [0.4, 0.5) is 0 Å². The van der Waals surface area contributed by atoms with Crippen molar-refractivity contribution in [2.24, 2.45) is 0 Å². The monoisotopic (exact) mass is 242 g/mol. The van der Waals surface area contributed by atoms with Gasteiger partial charge in [-0.15, -0.1) is 0 Å². The average Bonchev–Trinajstić information content (AvgIpc) is 2.73. The molecule has 16 heavy (non-hydrogen) atoms. The third kappa shape index (κ3) is 2.30. The van der Waals surface area contributed by atoms with Crippen molar-refractivity contribution in [2.75, 3.05) is 12.3 Å². The van der Waals surface area contributed by atoms with Crippen molar-refractivity contribution in [3.63, 3.8) is 0 Å². The Hall–Kier alpha value is -0.810. The van der Waals surface area contributed by atoms with Gasteiger partial charge < -0.3 is 4.57 Å². The molecule has 0 saturated carbocycles. The molecule has 2 rings (SSSR count). The first-order valence-electron chi connectivity index (χ1n) is 5.75. The van der Waals surface area contributed by atoms with Crippen LogP contribution in [0.5, 0.6) is 0 Å². The van der Waals surface area contributed by atoms with Gasteiger partial charge in [-0.2, -0.15) is 4.31 Å². The Morgan fingerprint density at radius 2 is 2.19 bits per heavy atom. The molecule has 4 nitrogen and oxygen atoms in total. The fourth-order valence-corrected chi connectivity index (χ4v) is 3.58. The zero-order chi connectivity index (χ0) is 11.6. The second-order valence-corrected chi connectivity index (χ2v) is 6.28. The fraction of sp³-hybridized carbons (Fsp3) is 0.636. The van der Waals surface area contributed by atoms with Crippen LogP contribution in [0.3, 0.4) is 0 Å². The number of hydrogen-bond donors (Lipinski definition) is 0. The largest absolute Gasteiger partial charge is 0.349 e. The SMILES string of the molecule is CCCCS(=O)(=O)N1CCn2cccc2C1. The van der Waals surface area contributed by atoms with E-state index in [9.17, 15) is 8.42 Å². The number of sulfonamides is 1. The first-order valence-corrected chi connectivity index (χ1v) is 7.36. The van der Waals surface area contributed by atoms with E-state index >= 15 is 0 Å². The van der Waals surface area contributed by atoms with E-state index in [2.05, 4.69) is 4.57 Å². The molecule has 2 heterocycles. The van der Waals surface area contributed by atoms with Gasteiger partial charge in [-0.05, 0) is 18.6 Å². The molecule has 0 aromatic carbocycles. The molecule has 0 spiro atoms. The summed E-state index contributed by atoms with van der Waals surface area (Å²) < 4.78 is 27.7. The van der Waals surface area contributed by atoms with Crippen molar-refractivity contribution in [3.8, 4) is 0 Å². The fourth-order valence-electron chi connectivity index (χ4n) is 1.98. The van der Waals surface area contributed by atoms with Crippen LogP contribution in [-0.4, -0.2) is 29.6 Å². The Balaban J connectivity index is 2.08. The summed E-state index contributed by atoms with van der Waals surface area (Å²) in [5, 5.41) is 0. The second-order valence-electron chi connectivity index (χ2n) is 4.20. The van der Waals surface area contributed by atoms with Crippen LogP contribution in [-0.2, 0) is 23.1 Å². The number of hydrogen-bond acceptors (Lipinski definition) is 2. The lowest BCUT2D eigenvalue weighted by atomic mass is 10.3. The van der Waals surface area contributed by atoms with Crippen LogP contribution in [0.15, 0.2) is 18.3 Å². The maximum atomic E-state index is 12.0. The normalized spacial score (nSPS) is 17.3. The van der Waals surface area contributed by atoms with Gasteiger partial charge in [0.15, 0.2) is 0 Å². The quantitative estimate of drug-likeness (QED) is 0.801. The third-order valence-electron chi connectivity index (χ3n) is 3.00. The van der Waals surface area contributed by atoms with Gasteiger partial charge in [0.1, 0.15) is 0 Å². The number of rotatable bonds is 4. The molecular formula is C11H18N2O2S. The van der Waals surface area contributed by atoms with E-state index in [4.69, 9.17) is 0 Å². The van der Waals surface area contributed by atoms with Crippen LogP contribution >= 0.6 is 0 Å². The van der Waals surface area contributed by atoms with Crippen LogP contribution in [0, 0.1) is 0 Å². The number of fused-ring (bicyclic) bond motifs is 1. The van der Waals surface area contributed by atoms with Gasteiger partial charge in [0.2, 0.25) is 10.0 Å². The van der Waals surface area contributed by atoms with E-state index in [-0.39, 0.29) is 5.75 Å². The van der Waals surface area contributed by atoms with Crippen LogP contribution in [0.1, 0.15) is 25.5 Å². The second kappa shape index (κ2) is 4.59. The maximum Gasteiger partial charge on any atom is 0.214 e. The summed E-state index contributed by atoms with van der Waals surface area (Å²) in [7, 11) is -3.05. The lowest BCUT2D eigenvalue weighted by molar-refractivity contribution is 0.341. The summed E-state index contributed by atoms with van der Waals surface area (Å²) in [5.41, 5.74) is 1.09. The molecule has 0 aliphatic carbocycles. The first-order chi connectivity index (χ1) is 7.63. The number of aromatic nitrogens is 1. The van der Waals surface area contributed by atoms with Gasteiger partial charge >= 0.3 is 0 Å². The van der Waals surface area contributed by atoms with Crippen LogP contribution < -0.4 is 0 Å². The van der Waals surface area contributed by atoms with Gasteiger partial charge in [0.05, 0.1) is 12.3 Å². The standard InChI is InChI=1S/C11H18N2O2S/c1-2-3-9-16(14,15)13-8-7-12-6-4-5-11(12)10-13/h4-6H,2-3,7-10H2,1H3. The summed E-state index contributed by atoms with van der Waals surface area (Å²) in [6, 6.07) is 3.96. The van der Waals surface area contributed by atoms with Gasteiger partial charge in [-0.25, -0.2) is 8.42 Å². The molecule has 0 radical (unpaired) electrons. The Bertz CT molecular complexity index is 450. The van der Waals surface area contributed by atoms with Crippen molar-refractivity contribution >= 4 is 10.0 Å². The summed E-state index contributed by atoms with van der Waals surface area (Å²) >= 11 is 0. The Kier molecular flexibility index (Phi) is 3.35. The molecule has 0 N–H and O–H groups in total. The maximum absolute atomic E-state index is 12.0. The highest BCUT2D eigenvalue weighted by Gasteiger charge is 2.25. The van der Waals surface area contributed by atoms with E-state index in [1.54, 1.807) is 4.31 Å². The number of unbranched alkanes of at least 4 members (excludes halogenated alkanes) is 1. The molecule has 0 amide bonds. The Morgan fingerprint density at radius 1 is 1.38 bits per heavy atom. The van der Waals surface area contributed by atoms with Gasteiger partial charge in [-0.3, -0.25) is 0 Å². The molecular weight excluding hydrogens is 224 g/mol. The predicted molar refractivity (Wildman–Crippen MR) is 63.5 cm³/mol. The topological polar surface area (TPSA) is 42.3 Å². The number of nitrogens with zero attached hydrogens (tertiary/aromatic N) is 2. The van der Waals surface area contributed by atoms with Crippen molar-refractivity contribution in [1.82, 2.24) is 8.87 Å². The molecule has 1 aromatic rings. The molecule has 5 heteroatoms. The van der Waals surface area contributed by atoms with Crippen LogP contribution in [0.25, 0.3) is 0 Å². The van der Waals surface area contributed by atoms with Crippen molar-refractivity contribution < 1.29 is 8.42 Å². The minimum absolute atomic E-state index is 0.282. The van der Waals surface area contributed by atoms with Crippen LogP contribution in [0.2, 0.25) is 0 Å². The zero-order valence-corrected chi connectivity index (χ0v) is 10.4. The minimum atomic E-state index is -3.05. The van der Waals surface area contributed by atoms with E-state index in [0.29, 0.717) is 13.1 Å². The average molecular weight is 242 g/mol. The summed E-state index contributed by atoms with van der Waals surface area (Å²) in [4.78, 5) is 0. The molecule has 0 bridgehead atoms. The van der Waals surface area contributed by atoms with E-state index in [1.807, 2.05) is 25.3 Å². The van der Waals surface area contributed by atoms with Gasteiger partial charge in [-0.1, -0.05) is 13.3 Å². The minimum Gasteiger partial charge on any atom is -0.349 e. The molecule has 0 fully saturated rings. The van der Waals surface area contributed by atoms with E-state index in [1.165, 1.54) is 0 Å². The molecule has 0 atom stereocenters. The molecule has 1 aliphatic heterocycles. The molecule has 90 valence electrons. The zero-order valence-electron chi connectivity index (χ0n) is 9.59. The summed E-state index contributed by atoms with van der Waals surface area (Å²) in [5.74, 6) is 0.282. The lowest BCUT2D eigenvalue weighted by Crippen LogP contribution is -2.39. The molecule has 0 unspecified atom stereocenters. The lowest BCUT2D eigenvalue weighted by Gasteiger charge is -2.27. The predicted octanol–water partition coefficient (Wildman–Crippen LogP) is 1.43. The molecule has 1 aromatic heterocycles. The van der Waals surface area contributed by atoms with Crippen molar-refractivity contribution in [3.05, 3.63) is 24.0 Å². The smallest absolute Gasteiger partial charge is 0.214 e. The highest BCUT2D eigenvalue weighted by Crippen LogP contribution is 2.17. The Morgan fingerprint density at radius 3 is 2.94 bits per heavy atom.